The fraction of sp³-hybridized carbons (Fsp3) is 0.0870. The number of ether oxygens (including phenoxy) is 3. The van der Waals surface area contributed by atoms with E-state index in [0.717, 1.165) is 0 Å². The third kappa shape index (κ3) is 4.28. The number of benzene rings is 3. The van der Waals surface area contributed by atoms with Gasteiger partial charge in [-0.25, -0.2) is 22.0 Å². The van der Waals surface area contributed by atoms with Crippen molar-refractivity contribution >= 4 is 11.9 Å². The zero-order valence-electron chi connectivity index (χ0n) is 16.7. The predicted octanol–water partition coefficient (Wildman–Crippen LogP) is 6.18. The highest BCUT2D eigenvalue weighted by molar-refractivity contribution is 6.14. The summed E-state index contributed by atoms with van der Waals surface area (Å²) >= 11 is 0. The smallest absolute Gasteiger partial charge is 0.387 e. The van der Waals surface area contributed by atoms with Crippen LogP contribution in [0.25, 0.3) is 6.08 Å². The summed E-state index contributed by atoms with van der Waals surface area (Å²) in [5.74, 6) is -11.7. The van der Waals surface area contributed by atoms with Crippen molar-refractivity contribution in [3.05, 3.63) is 94.0 Å². The van der Waals surface area contributed by atoms with E-state index in [1.807, 2.05) is 0 Å². The molecule has 0 aromatic heterocycles. The van der Waals surface area contributed by atoms with E-state index in [-0.39, 0.29) is 34.1 Å². The zero-order valence-corrected chi connectivity index (χ0v) is 16.7. The Hall–Kier alpha value is -4.02. The van der Waals surface area contributed by atoms with Gasteiger partial charge in [0.25, 0.3) is 0 Å². The molecule has 3 aromatic carbocycles. The number of allylic oxidation sites excluding steroid dienone is 1. The van der Waals surface area contributed by atoms with E-state index in [9.17, 15) is 35.5 Å². The van der Waals surface area contributed by atoms with Crippen LogP contribution in [0.15, 0.2) is 48.2 Å². The highest BCUT2D eigenvalue weighted by Crippen LogP contribution is 2.36. The summed E-state index contributed by atoms with van der Waals surface area (Å²) in [7, 11) is 0. The lowest BCUT2D eigenvalue weighted by Crippen LogP contribution is -2.09. The average molecular weight is 484 g/mol. The first-order valence-corrected chi connectivity index (χ1v) is 9.42. The number of fused-ring (bicyclic) bond motifs is 1. The van der Waals surface area contributed by atoms with Crippen molar-refractivity contribution in [2.75, 3.05) is 0 Å². The first-order valence-electron chi connectivity index (χ1n) is 9.42. The second-order valence-electron chi connectivity index (χ2n) is 6.85. The quantitative estimate of drug-likeness (QED) is 0.182. The van der Waals surface area contributed by atoms with Gasteiger partial charge in [0, 0.05) is 11.6 Å². The number of para-hydroxylation sites is 1. The molecule has 1 heterocycles. The Bertz CT molecular complexity index is 1290. The van der Waals surface area contributed by atoms with E-state index in [0.29, 0.717) is 0 Å². The number of Topliss-reactive ketones (excluding diaryl/α,β-unsaturated/α-hetero) is 1. The molecule has 0 fully saturated rings. The Morgan fingerprint density at radius 1 is 0.882 bits per heavy atom. The molecule has 0 radical (unpaired) electrons. The number of carbonyl (C=O) groups excluding carboxylic acids is 1. The maximum absolute atomic E-state index is 13.8. The summed E-state index contributed by atoms with van der Waals surface area (Å²) in [6.07, 6.45) is 1.19. The molecule has 1 aliphatic rings. The Kier molecular flexibility index (Phi) is 6.18. The van der Waals surface area contributed by atoms with E-state index in [1.165, 1.54) is 48.5 Å². The third-order valence-corrected chi connectivity index (χ3v) is 4.75. The largest absolute Gasteiger partial charge is 0.489 e. The molecule has 0 aliphatic carbocycles. The first-order chi connectivity index (χ1) is 16.2. The van der Waals surface area contributed by atoms with Crippen LogP contribution in [-0.4, -0.2) is 12.4 Å². The minimum Gasteiger partial charge on any atom is -0.489 e. The molecular weight excluding hydrogens is 473 g/mol. The Labute approximate surface area is 186 Å². The molecule has 3 aromatic rings. The van der Waals surface area contributed by atoms with Gasteiger partial charge in [0.15, 0.2) is 29.0 Å². The van der Waals surface area contributed by atoms with Crippen molar-refractivity contribution in [2.45, 2.75) is 13.2 Å². The van der Waals surface area contributed by atoms with Crippen molar-refractivity contribution in [1.29, 1.82) is 0 Å². The molecule has 0 saturated carbocycles. The molecule has 4 rings (SSSR count). The summed E-state index contributed by atoms with van der Waals surface area (Å²) in [5.41, 5.74) is -0.964. The lowest BCUT2D eigenvalue weighted by atomic mass is 10.1. The maximum Gasteiger partial charge on any atom is 0.387 e. The molecule has 4 nitrogen and oxygen atoms in total. The van der Waals surface area contributed by atoms with E-state index < -0.39 is 53.7 Å². The number of hydrogen-bond acceptors (Lipinski definition) is 4. The van der Waals surface area contributed by atoms with Gasteiger partial charge in [-0.15, -0.1) is 0 Å². The molecule has 0 N–H and O–H groups in total. The van der Waals surface area contributed by atoms with Crippen LogP contribution in [0.5, 0.6) is 17.2 Å². The van der Waals surface area contributed by atoms with E-state index in [2.05, 4.69) is 4.74 Å². The molecule has 0 spiro atoms. The zero-order chi connectivity index (χ0) is 24.6. The summed E-state index contributed by atoms with van der Waals surface area (Å²) in [5, 5.41) is 0. The lowest BCUT2D eigenvalue weighted by Gasteiger charge is -2.10. The highest BCUT2D eigenvalue weighted by Gasteiger charge is 2.29. The maximum atomic E-state index is 13.8. The van der Waals surface area contributed by atoms with Crippen LogP contribution in [0.3, 0.4) is 0 Å². The van der Waals surface area contributed by atoms with Gasteiger partial charge < -0.3 is 14.2 Å². The molecule has 1 aliphatic heterocycles. The molecule has 176 valence electrons. The number of hydrogen-bond donors (Lipinski definition) is 0. The van der Waals surface area contributed by atoms with Crippen LogP contribution >= 0.6 is 0 Å². The molecule has 0 saturated heterocycles. The van der Waals surface area contributed by atoms with Crippen LogP contribution in [-0.2, 0) is 6.61 Å². The van der Waals surface area contributed by atoms with Crippen molar-refractivity contribution in [3.63, 3.8) is 0 Å². The minimum atomic E-state index is -3.09. The van der Waals surface area contributed by atoms with Crippen molar-refractivity contribution < 1.29 is 49.7 Å². The Morgan fingerprint density at radius 2 is 1.53 bits per heavy atom. The molecular formula is C23H11F7O4. The van der Waals surface area contributed by atoms with Gasteiger partial charge in [0.2, 0.25) is 11.6 Å². The summed E-state index contributed by atoms with van der Waals surface area (Å²) in [4.78, 5) is 12.6. The Balaban J connectivity index is 1.56. The molecule has 0 atom stereocenters. The number of alkyl halides is 2. The topological polar surface area (TPSA) is 44.8 Å². The van der Waals surface area contributed by atoms with E-state index >= 15 is 0 Å². The fourth-order valence-electron chi connectivity index (χ4n) is 3.13. The SMILES string of the molecule is O=C1/C(=C/c2ccccc2OC(F)F)Oc2cc(OCc3c(F)c(F)c(F)c(F)c3F)ccc21. The van der Waals surface area contributed by atoms with Crippen LogP contribution < -0.4 is 14.2 Å². The molecule has 0 bridgehead atoms. The van der Waals surface area contributed by atoms with E-state index in [4.69, 9.17) is 9.47 Å². The van der Waals surface area contributed by atoms with Gasteiger partial charge in [-0.2, -0.15) is 8.78 Å². The average Bonchev–Trinajstić information content (AvgIpc) is 3.12. The molecule has 0 unspecified atom stereocenters. The van der Waals surface area contributed by atoms with Gasteiger partial charge >= 0.3 is 6.61 Å². The minimum absolute atomic E-state index is 0.0292. The van der Waals surface area contributed by atoms with Crippen molar-refractivity contribution in [2.24, 2.45) is 0 Å². The van der Waals surface area contributed by atoms with Gasteiger partial charge in [-0.1, -0.05) is 18.2 Å². The molecule has 34 heavy (non-hydrogen) atoms. The van der Waals surface area contributed by atoms with E-state index in [1.54, 1.807) is 0 Å². The number of halogens is 7. The second-order valence-corrected chi connectivity index (χ2v) is 6.85. The second kappa shape index (κ2) is 9.08. The number of carbonyl (C=O) groups is 1. The van der Waals surface area contributed by atoms with Gasteiger partial charge in [0.05, 0.1) is 11.1 Å². The molecule has 11 heteroatoms. The highest BCUT2D eigenvalue weighted by atomic mass is 19.3. The third-order valence-electron chi connectivity index (χ3n) is 4.75. The van der Waals surface area contributed by atoms with Crippen LogP contribution in [0.1, 0.15) is 21.5 Å². The van der Waals surface area contributed by atoms with Crippen LogP contribution in [0, 0.1) is 29.1 Å². The first kappa shape index (κ1) is 23.1. The predicted molar refractivity (Wildman–Crippen MR) is 103 cm³/mol. The number of rotatable bonds is 6. The summed E-state index contributed by atoms with van der Waals surface area (Å²) in [6, 6.07) is 9.33. The van der Waals surface area contributed by atoms with Crippen LogP contribution in [0.4, 0.5) is 30.7 Å². The monoisotopic (exact) mass is 484 g/mol. The fourth-order valence-corrected chi connectivity index (χ4v) is 3.13. The van der Waals surface area contributed by atoms with Gasteiger partial charge in [0.1, 0.15) is 23.9 Å². The summed E-state index contributed by atoms with van der Waals surface area (Å²) in [6.45, 7) is -4.09. The standard InChI is InChI=1S/C23H11F7O4/c24-17-13(18(25)20(27)21(28)19(17)26)9-32-11-5-6-12-15(8-11)33-16(22(12)31)7-10-3-1-2-4-14(10)34-23(29)30/h1-8,23H,9H2/b16-7-. The van der Waals surface area contributed by atoms with Gasteiger partial charge in [-0.05, 0) is 24.3 Å². The lowest BCUT2D eigenvalue weighted by molar-refractivity contribution is -0.0500. The summed E-state index contributed by atoms with van der Waals surface area (Å²) < 4.78 is 108. The van der Waals surface area contributed by atoms with Crippen molar-refractivity contribution in [3.8, 4) is 17.2 Å². The normalized spacial score (nSPS) is 13.9. The van der Waals surface area contributed by atoms with Gasteiger partial charge in [-0.3, -0.25) is 4.79 Å². The van der Waals surface area contributed by atoms with Crippen LogP contribution in [0.2, 0.25) is 0 Å². The molecule has 0 amide bonds. The van der Waals surface area contributed by atoms with Crippen molar-refractivity contribution in [1.82, 2.24) is 0 Å². The Morgan fingerprint density at radius 3 is 2.21 bits per heavy atom. The number of ketones is 1.